The second-order valence-corrected chi connectivity index (χ2v) is 6.25. The van der Waals surface area contributed by atoms with Crippen LogP contribution < -0.4 is 0 Å². The zero-order valence-electron chi connectivity index (χ0n) is 12.2. The molecule has 0 fully saturated rings. The normalized spacial score (nSPS) is 17.1. The molecule has 2 heterocycles. The van der Waals surface area contributed by atoms with Crippen LogP contribution >= 0.6 is 11.3 Å². The smallest absolute Gasteiger partial charge is 0.282 e. The SMILES string of the molecule is CCC1c2ccsc2CCN1C(=O)c1ccccc1[N+](=O)[O-]. The van der Waals surface area contributed by atoms with Gasteiger partial charge >= 0.3 is 0 Å². The van der Waals surface area contributed by atoms with E-state index < -0.39 is 4.92 Å². The van der Waals surface area contributed by atoms with E-state index in [9.17, 15) is 14.9 Å². The average molecular weight is 316 g/mol. The van der Waals surface area contributed by atoms with Gasteiger partial charge in [-0.2, -0.15) is 0 Å². The highest BCUT2D eigenvalue weighted by Gasteiger charge is 2.33. The first-order chi connectivity index (χ1) is 10.6. The molecule has 1 unspecified atom stereocenters. The molecule has 1 aliphatic rings. The molecular weight excluding hydrogens is 300 g/mol. The van der Waals surface area contributed by atoms with E-state index in [0.29, 0.717) is 6.54 Å². The molecule has 0 radical (unpaired) electrons. The molecule has 0 N–H and O–H groups in total. The van der Waals surface area contributed by atoms with Gasteiger partial charge in [0.2, 0.25) is 0 Å². The number of rotatable bonds is 3. The van der Waals surface area contributed by atoms with Crippen molar-refractivity contribution in [2.45, 2.75) is 25.8 Å². The molecule has 0 saturated heterocycles. The molecular formula is C16H16N2O3S. The van der Waals surface area contributed by atoms with Crippen molar-refractivity contribution >= 4 is 22.9 Å². The van der Waals surface area contributed by atoms with Gasteiger partial charge in [0, 0.05) is 17.5 Å². The summed E-state index contributed by atoms with van der Waals surface area (Å²) in [6.45, 7) is 2.65. The zero-order chi connectivity index (χ0) is 15.7. The largest absolute Gasteiger partial charge is 0.331 e. The van der Waals surface area contributed by atoms with E-state index >= 15 is 0 Å². The molecule has 0 spiro atoms. The Morgan fingerprint density at radius 1 is 1.41 bits per heavy atom. The summed E-state index contributed by atoms with van der Waals surface area (Å²) in [5.41, 5.74) is 1.23. The molecule has 0 bridgehead atoms. The van der Waals surface area contributed by atoms with Crippen LogP contribution in [-0.2, 0) is 6.42 Å². The lowest BCUT2D eigenvalue weighted by Gasteiger charge is -2.35. The van der Waals surface area contributed by atoms with Gasteiger partial charge in [0.1, 0.15) is 5.56 Å². The fraction of sp³-hybridized carbons (Fsp3) is 0.312. The molecule has 22 heavy (non-hydrogen) atoms. The minimum Gasteiger partial charge on any atom is -0.331 e. The number of benzene rings is 1. The molecule has 1 aliphatic heterocycles. The van der Waals surface area contributed by atoms with Crippen LogP contribution in [0.4, 0.5) is 5.69 Å². The number of carbonyl (C=O) groups is 1. The summed E-state index contributed by atoms with van der Waals surface area (Å²) < 4.78 is 0. The number of para-hydroxylation sites is 1. The predicted molar refractivity (Wildman–Crippen MR) is 85.2 cm³/mol. The molecule has 0 saturated carbocycles. The Balaban J connectivity index is 1.98. The third kappa shape index (κ3) is 2.39. The third-order valence-electron chi connectivity index (χ3n) is 4.07. The van der Waals surface area contributed by atoms with Crippen molar-refractivity contribution in [3.8, 4) is 0 Å². The molecule has 5 nitrogen and oxygen atoms in total. The van der Waals surface area contributed by atoms with E-state index in [0.717, 1.165) is 12.8 Å². The van der Waals surface area contributed by atoms with E-state index in [4.69, 9.17) is 0 Å². The summed E-state index contributed by atoms with van der Waals surface area (Å²) >= 11 is 1.72. The number of nitro benzene ring substituents is 1. The highest BCUT2D eigenvalue weighted by molar-refractivity contribution is 7.10. The number of nitrogens with zero attached hydrogens (tertiary/aromatic N) is 2. The zero-order valence-corrected chi connectivity index (χ0v) is 13.0. The maximum absolute atomic E-state index is 12.9. The van der Waals surface area contributed by atoms with Crippen LogP contribution in [0.5, 0.6) is 0 Å². The first-order valence-corrected chi connectivity index (χ1v) is 8.12. The average Bonchev–Trinajstić information content (AvgIpc) is 3.01. The Morgan fingerprint density at radius 2 is 2.18 bits per heavy atom. The van der Waals surface area contributed by atoms with Crippen LogP contribution in [0.1, 0.15) is 40.2 Å². The Morgan fingerprint density at radius 3 is 2.91 bits per heavy atom. The van der Waals surface area contributed by atoms with Gasteiger partial charge in [-0.15, -0.1) is 11.3 Å². The van der Waals surface area contributed by atoms with Crippen LogP contribution in [0.2, 0.25) is 0 Å². The minimum atomic E-state index is -0.492. The number of hydrogen-bond donors (Lipinski definition) is 0. The van der Waals surface area contributed by atoms with Gasteiger partial charge in [0.15, 0.2) is 0 Å². The first kappa shape index (κ1) is 14.7. The Hall–Kier alpha value is -2.21. The lowest BCUT2D eigenvalue weighted by atomic mass is 9.96. The summed E-state index contributed by atoms with van der Waals surface area (Å²) in [7, 11) is 0. The summed E-state index contributed by atoms with van der Waals surface area (Å²) in [6, 6.07) is 8.24. The van der Waals surface area contributed by atoms with Crippen LogP contribution in [0, 0.1) is 10.1 Å². The van der Waals surface area contributed by atoms with E-state index in [1.807, 2.05) is 12.3 Å². The van der Waals surface area contributed by atoms with Crippen LogP contribution in [0.15, 0.2) is 35.7 Å². The topological polar surface area (TPSA) is 63.5 Å². The molecule has 0 aliphatic carbocycles. The summed E-state index contributed by atoms with van der Waals surface area (Å²) in [4.78, 5) is 26.6. The van der Waals surface area contributed by atoms with Crippen molar-refractivity contribution in [1.82, 2.24) is 4.90 Å². The molecule has 1 aromatic carbocycles. The molecule has 1 aromatic heterocycles. The maximum Gasteiger partial charge on any atom is 0.282 e. The van der Waals surface area contributed by atoms with Gasteiger partial charge in [0.05, 0.1) is 11.0 Å². The fourth-order valence-corrected chi connectivity index (χ4v) is 3.98. The number of nitro groups is 1. The van der Waals surface area contributed by atoms with E-state index in [2.05, 4.69) is 6.07 Å². The molecule has 1 amide bonds. The quantitative estimate of drug-likeness (QED) is 0.639. The minimum absolute atomic E-state index is 0.00214. The fourth-order valence-electron chi connectivity index (χ4n) is 3.05. The van der Waals surface area contributed by atoms with Crippen molar-refractivity contribution in [1.29, 1.82) is 0 Å². The second-order valence-electron chi connectivity index (χ2n) is 5.25. The number of fused-ring (bicyclic) bond motifs is 1. The Kier molecular flexibility index (Phi) is 3.94. The van der Waals surface area contributed by atoms with Crippen LogP contribution in [0.3, 0.4) is 0 Å². The van der Waals surface area contributed by atoms with E-state index in [1.54, 1.807) is 28.4 Å². The van der Waals surface area contributed by atoms with Crippen LogP contribution in [-0.4, -0.2) is 22.3 Å². The van der Waals surface area contributed by atoms with Crippen molar-refractivity contribution in [3.05, 3.63) is 61.8 Å². The second kappa shape index (κ2) is 5.88. The molecule has 114 valence electrons. The van der Waals surface area contributed by atoms with E-state index in [1.165, 1.54) is 22.6 Å². The Labute approximate surface area is 132 Å². The van der Waals surface area contributed by atoms with Crippen molar-refractivity contribution in [2.24, 2.45) is 0 Å². The van der Waals surface area contributed by atoms with Gasteiger partial charge in [0.25, 0.3) is 11.6 Å². The van der Waals surface area contributed by atoms with Gasteiger partial charge in [-0.3, -0.25) is 14.9 Å². The monoisotopic (exact) mass is 316 g/mol. The van der Waals surface area contributed by atoms with Crippen molar-refractivity contribution < 1.29 is 9.72 Å². The van der Waals surface area contributed by atoms with E-state index in [-0.39, 0.29) is 23.2 Å². The number of hydrogen-bond acceptors (Lipinski definition) is 4. The van der Waals surface area contributed by atoms with Gasteiger partial charge in [-0.1, -0.05) is 19.1 Å². The molecule has 6 heteroatoms. The number of thiophene rings is 1. The van der Waals surface area contributed by atoms with Gasteiger partial charge in [-0.25, -0.2) is 0 Å². The highest BCUT2D eigenvalue weighted by Crippen LogP contribution is 2.36. The standard InChI is InChI=1S/C16H16N2O3S/c1-2-13-11-8-10-22-15(11)7-9-17(13)16(19)12-5-3-4-6-14(12)18(20)21/h3-6,8,10,13H,2,7,9H2,1H3. The summed E-state index contributed by atoms with van der Waals surface area (Å²) in [5, 5.41) is 13.2. The predicted octanol–water partition coefficient (Wildman–Crippen LogP) is 3.81. The summed E-state index contributed by atoms with van der Waals surface area (Å²) in [5.74, 6) is -0.254. The lowest BCUT2D eigenvalue weighted by Crippen LogP contribution is -2.39. The lowest BCUT2D eigenvalue weighted by molar-refractivity contribution is -0.385. The summed E-state index contributed by atoms with van der Waals surface area (Å²) in [6.07, 6.45) is 1.62. The van der Waals surface area contributed by atoms with Crippen molar-refractivity contribution in [3.63, 3.8) is 0 Å². The highest BCUT2D eigenvalue weighted by atomic mass is 32.1. The first-order valence-electron chi connectivity index (χ1n) is 7.24. The van der Waals surface area contributed by atoms with Crippen molar-refractivity contribution in [2.75, 3.05) is 6.54 Å². The molecule has 3 rings (SSSR count). The maximum atomic E-state index is 12.9. The Bertz CT molecular complexity index is 726. The third-order valence-corrected chi connectivity index (χ3v) is 5.07. The number of amides is 1. The molecule has 2 aromatic rings. The van der Waals surface area contributed by atoms with Crippen LogP contribution in [0.25, 0.3) is 0 Å². The van der Waals surface area contributed by atoms with Gasteiger partial charge in [-0.05, 0) is 35.9 Å². The van der Waals surface area contributed by atoms with Gasteiger partial charge < -0.3 is 4.90 Å². The number of carbonyl (C=O) groups excluding carboxylic acids is 1. The molecule has 1 atom stereocenters.